The zero-order valence-corrected chi connectivity index (χ0v) is 9.66. The van der Waals surface area contributed by atoms with Gasteiger partial charge in [0.15, 0.2) is 0 Å². The molecule has 0 aliphatic carbocycles. The molecule has 0 spiro atoms. The van der Waals surface area contributed by atoms with E-state index in [0.29, 0.717) is 17.6 Å². The first-order valence-electron chi connectivity index (χ1n) is 4.95. The monoisotopic (exact) mass is 210 g/mol. The second-order valence-electron chi connectivity index (χ2n) is 4.41. The van der Waals surface area contributed by atoms with Gasteiger partial charge in [0.25, 0.3) is 0 Å². The van der Waals surface area contributed by atoms with Crippen molar-refractivity contribution in [3.63, 3.8) is 0 Å². The normalized spacial score (nSPS) is 12.1. The van der Waals surface area contributed by atoms with Gasteiger partial charge in [-0.2, -0.15) is 0 Å². The number of hydrogen-bond donors (Lipinski definition) is 2. The van der Waals surface area contributed by atoms with Crippen molar-refractivity contribution >= 4 is 5.76 Å². The SMILES string of the molecule is C=C(O)c1coc(C(C)(C)NC(C)C)n1. The van der Waals surface area contributed by atoms with Crippen molar-refractivity contribution in [3.05, 3.63) is 24.4 Å². The van der Waals surface area contributed by atoms with Crippen LogP contribution in [0.4, 0.5) is 0 Å². The van der Waals surface area contributed by atoms with Crippen molar-refractivity contribution in [2.75, 3.05) is 0 Å². The van der Waals surface area contributed by atoms with E-state index in [4.69, 9.17) is 9.52 Å². The maximum absolute atomic E-state index is 9.15. The second-order valence-corrected chi connectivity index (χ2v) is 4.41. The zero-order chi connectivity index (χ0) is 11.6. The number of nitrogens with one attached hydrogen (secondary N) is 1. The van der Waals surface area contributed by atoms with Gasteiger partial charge in [0.05, 0.1) is 5.54 Å². The van der Waals surface area contributed by atoms with Crippen LogP contribution in [0, 0.1) is 0 Å². The molecular weight excluding hydrogens is 192 g/mol. The summed E-state index contributed by atoms with van der Waals surface area (Å²) < 4.78 is 5.30. The summed E-state index contributed by atoms with van der Waals surface area (Å²) in [4.78, 5) is 4.16. The summed E-state index contributed by atoms with van der Waals surface area (Å²) in [5, 5.41) is 12.5. The van der Waals surface area contributed by atoms with Crippen LogP contribution in [0.2, 0.25) is 0 Å². The lowest BCUT2D eigenvalue weighted by molar-refractivity contribution is 0.287. The van der Waals surface area contributed by atoms with E-state index < -0.39 is 0 Å². The maximum atomic E-state index is 9.15. The van der Waals surface area contributed by atoms with Gasteiger partial charge in [-0.05, 0) is 27.7 Å². The molecule has 0 aliphatic rings. The summed E-state index contributed by atoms with van der Waals surface area (Å²) in [5.74, 6) is 0.465. The van der Waals surface area contributed by atoms with E-state index in [-0.39, 0.29) is 11.3 Å². The Kier molecular flexibility index (Phi) is 3.19. The lowest BCUT2D eigenvalue weighted by Gasteiger charge is -2.25. The minimum absolute atomic E-state index is 0.0784. The standard InChI is InChI=1S/C11H18N2O2/c1-7(2)13-11(4,5)10-12-9(6-15-10)8(3)14/h6-7,13-14H,3H2,1-2,4-5H3. The lowest BCUT2D eigenvalue weighted by atomic mass is 10.0. The molecule has 0 atom stereocenters. The van der Waals surface area contributed by atoms with Gasteiger partial charge < -0.3 is 14.8 Å². The van der Waals surface area contributed by atoms with Crippen LogP contribution in [0.15, 0.2) is 17.3 Å². The quantitative estimate of drug-likeness (QED) is 0.749. The third-order valence-corrected chi connectivity index (χ3v) is 1.98. The highest BCUT2D eigenvalue weighted by molar-refractivity contribution is 5.50. The molecule has 4 nitrogen and oxygen atoms in total. The number of nitrogens with zero attached hydrogens (tertiary/aromatic N) is 1. The predicted octanol–water partition coefficient (Wildman–Crippen LogP) is 2.44. The summed E-state index contributed by atoms with van der Waals surface area (Å²) in [6.07, 6.45) is 1.40. The Labute approximate surface area is 90.0 Å². The van der Waals surface area contributed by atoms with E-state index in [1.54, 1.807) is 0 Å². The number of rotatable bonds is 4. The fraction of sp³-hybridized carbons (Fsp3) is 0.545. The molecule has 1 aromatic heterocycles. The third-order valence-electron chi connectivity index (χ3n) is 1.98. The molecule has 0 unspecified atom stereocenters. The van der Waals surface area contributed by atoms with Gasteiger partial charge in [0, 0.05) is 6.04 Å². The third kappa shape index (κ3) is 2.83. The first-order valence-corrected chi connectivity index (χ1v) is 4.95. The van der Waals surface area contributed by atoms with E-state index in [1.807, 2.05) is 13.8 Å². The van der Waals surface area contributed by atoms with Crippen LogP contribution < -0.4 is 5.32 Å². The van der Waals surface area contributed by atoms with Gasteiger partial charge in [-0.3, -0.25) is 0 Å². The van der Waals surface area contributed by atoms with Crippen LogP contribution in [-0.4, -0.2) is 16.1 Å². The molecule has 1 heterocycles. The molecule has 0 saturated heterocycles. The minimum Gasteiger partial charge on any atom is -0.506 e. The number of aliphatic hydroxyl groups excluding tert-OH is 1. The van der Waals surface area contributed by atoms with Crippen molar-refractivity contribution < 1.29 is 9.52 Å². The highest BCUT2D eigenvalue weighted by Crippen LogP contribution is 2.21. The topological polar surface area (TPSA) is 58.3 Å². The van der Waals surface area contributed by atoms with Crippen LogP contribution in [0.3, 0.4) is 0 Å². The van der Waals surface area contributed by atoms with Crippen LogP contribution in [-0.2, 0) is 5.54 Å². The minimum atomic E-state index is -0.359. The van der Waals surface area contributed by atoms with E-state index >= 15 is 0 Å². The molecular formula is C11H18N2O2. The molecule has 84 valence electrons. The molecule has 0 aromatic carbocycles. The molecule has 0 fully saturated rings. The molecule has 0 aliphatic heterocycles. The number of aromatic nitrogens is 1. The fourth-order valence-electron chi connectivity index (χ4n) is 1.48. The Hall–Kier alpha value is -1.29. The van der Waals surface area contributed by atoms with Crippen molar-refractivity contribution in [2.45, 2.75) is 39.3 Å². The van der Waals surface area contributed by atoms with Crippen LogP contribution in [0.5, 0.6) is 0 Å². The maximum Gasteiger partial charge on any atom is 0.214 e. The number of aliphatic hydroxyl groups is 1. The van der Waals surface area contributed by atoms with Gasteiger partial charge >= 0.3 is 0 Å². The fourth-order valence-corrected chi connectivity index (χ4v) is 1.48. The van der Waals surface area contributed by atoms with E-state index in [2.05, 4.69) is 30.7 Å². The smallest absolute Gasteiger partial charge is 0.214 e. The summed E-state index contributed by atoms with van der Waals surface area (Å²) in [5.41, 5.74) is 0.0191. The Morgan fingerprint density at radius 3 is 2.60 bits per heavy atom. The molecule has 2 N–H and O–H groups in total. The molecule has 15 heavy (non-hydrogen) atoms. The average molecular weight is 210 g/mol. The first-order chi connectivity index (χ1) is 6.83. The number of oxazole rings is 1. The molecule has 0 amide bonds. The molecule has 0 radical (unpaired) electrons. The zero-order valence-electron chi connectivity index (χ0n) is 9.66. The highest BCUT2D eigenvalue weighted by Gasteiger charge is 2.27. The number of hydrogen-bond acceptors (Lipinski definition) is 4. The molecule has 1 rings (SSSR count). The Bertz CT molecular complexity index is 353. The van der Waals surface area contributed by atoms with Crippen molar-refractivity contribution in [1.82, 2.24) is 10.3 Å². The van der Waals surface area contributed by atoms with Crippen LogP contribution in [0.25, 0.3) is 5.76 Å². The van der Waals surface area contributed by atoms with Crippen LogP contribution in [0.1, 0.15) is 39.3 Å². The van der Waals surface area contributed by atoms with Crippen molar-refractivity contribution in [2.24, 2.45) is 0 Å². The average Bonchev–Trinajstić information content (AvgIpc) is 2.48. The van der Waals surface area contributed by atoms with E-state index in [0.717, 1.165) is 0 Å². The Morgan fingerprint density at radius 2 is 2.20 bits per heavy atom. The van der Waals surface area contributed by atoms with Gasteiger partial charge in [0.2, 0.25) is 5.89 Å². The molecule has 0 saturated carbocycles. The summed E-state index contributed by atoms with van der Waals surface area (Å²) >= 11 is 0. The van der Waals surface area contributed by atoms with Crippen molar-refractivity contribution in [3.8, 4) is 0 Å². The predicted molar refractivity (Wildman–Crippen MR) is 59.5 cm³/mol. The molecule has 1 aromatic rings. The van der Waals surface area contributed by atoms with Crippen molar-refractivity contribution in [1.29, 1.82) is 0 Å². The van der Waals surface area contributed by atoms with Gasteiger partial charge in [0.1, 0.15) is 17.7 Å². The first kappa shape index (κ1) is 11.8. The summed E-state index contributed by atoms with van der Waals surface area (Å²) in [6.45, 7) is 11.4. The second kappa shape index (κ2) is 4.06. The van der Waals surface area contributed by atoms with Gasteiger partial charge in [-0.25, -0.2) is 4.98 Å². The molecule has 0 bridgehead atoms. The highest BCUT2D eigenvalue weighted by atomic mass is 16.3. The largest absolute Gasteiger partial charge is 0.506 e. The molecule has 4 heteroatoms. The summed E-state index contributed by atoms with van der Waals surface area (Å²) in [7, 11) is 0. The van der Waals surface area contributed by atoms with Gasteiger partial charge in [-0.15, -0.1) is 0 Å². The van der Waals surface area contributed by atoms with E-state index in [1.165, 1.54) is 6.26 Å². The Morgan fingerprint density at radius 1 is 1.60 bits per heavy atom. The Balaban J connectivity index is 2.90. The van der Waals surface area contributed by atoms with Crippen LogP contribution >= 0.6 is 0 Å². The van der Waals surface area contributed by atoms with E-state index in [9.17, 15) is 0 Å². The summed E-state index contributed by atoms with van der Waals surface area (Å²) in [6, 6.07) is 0.327. The lowest BCUT2D eigenvalue weighted by Crippen LogP contribution is -2.41. The van der Waals surface area contributed by atoms with Gasteiger partial charge in [-0.1, -0.05) is 6.58 Å².